The van der Waals surface area contributed by atoms with Gasteiger partial charge in [-0.05, 0) is 12.8 Å². The first-order valence-electron chi connectivity index (χ1n) is 8.66. The molecule has 0 bridgehead atoms. The van der Waals surface area contributed by atoms with E-state index in [1.807, 2.05) is 30.3 Å². The van der Waals surface area contributed by atoms with Gasteiger partial charge in [0.25, 0.3) is 0 Å². The Bertz CT molecular complexity index is 769. The molecule has 0 amide bonds. The molecular formula is C19H23N3O3. The molecule has 6 nitrogen and oxygen atoms in total. The molecule has 1 aromatic heterocycles. The molecule has 1 aliphatic rings. The molecule has 1 N–H and O–H groups in total. The molecule has 3 rings (SSSR count). The number of hydrogen-bond acceptors (Lipinski definition) is 5. The van der Waals surface area contributed by atoms with Crippen LogP contribution in [0.15, 0.2) is 39.6 Å². The average molecular weight is 341 g/mol. The Morgan fingerprint density at radius 3 is 2.76 bits per heavy atom. The molecule has 132 valence electrons. The lowest BCUT2D eigenvalue weighted by Crippen LogP contribution is -2.41. The van der Waals surface area contributed by atoms with Crippen LogP contribution in [0.1, 0.15) is 25.7 Å². The van der Waals surface area contributed by atoms with Crippen LogP contribution >= 0.6 is 0 Å². The molecule has 0 aliphatic heterocycles. The second-order valence-corrected chi connectivity index (χ2v) is 6.47. The minimum Gasteiger partial charge on any atom is -0.390 e. The summed E-state index contributed by atoms with van der Waals surface area (Å²) in [5, 5.41) is 14.4. The first-order chi connectivity index (χ1) is 12.2. The van der Waals surface area contributed by atoms with Crippen LogP contribution in [-0.2, 0) is 6.54 Å². The fraction of sp³-hybridized carbons (Fsp3) is 0.474. The molecule has 25 heavy (non-hydrogen) atoms. The summed E-state index contributed by atoms with van der Waals surface area (Å²) in [5.74, 6) is 2.53. The summed E-state index contributed by atoms with van der Waals surface area (Å²) >= 11 is 0. The highest BCUT2D eigenvalue weighted by Gasteiger charge is 2.25. The minimum absolute atomic E-state index is 0.125. The predicted molar refractivity (Wildman–Crippen MR) is 94.9 cm³/mol. The van der Waals surface area contributed by atoms with Gasteiger partial charge in [-0.15, -0.1) is 6.42 Å². The second-order valence-electron chi connectivity index (χ2n) is 6.47. The molecule has 1 fully saturated rings. The van der Waals surface area contributed by atoms with E-state index in [0.717, 1.165) is 18.4 Å². The van der Waals surface area contributed by atoms with Crippen LogP contribution in [0.3, 0.4) is 0 Å². The van der Waals surface area contributed by atoms with E-state index in [-0.39, 0.29) is 6.54 Å². The van der Waals surface area contributed by atoms with Gasteiger partial charge in [0.15, 0.2) is 5.82 Å². The highest BCUT2D eigenvalue weighted by molar-refractivity contribution is 5.54. The molecule has 1 atom stereocenters. The summed E-state index contributed by atoms with van der Waals surface area (Å²) < 4.78 is 6.18. The number of aromatic nitrogens is 2. The third-order valence-electron chi connectivity index (χ3n) is 4.69. The molecule has 1 aromatic carbocycles. The van der Waals surface area contributed by atoms with Crippen LogP contribution in [0, 0.1) is 12.3 Å². The lowest BCUT2D eigenvalue weighted by atomic mass is 10.2. The Hall–Kier alpha value is -2.36. The van der Waals surface area contributed by atoms with E-state index in [1.165, 1.54) is 17.4 Å². The second kappa shape index (κ2) is 8.15. The number of terminal acetylenes is 1. The summed E-state index contributed by atoms with van der Waals surface area (Å²) in [6.45, 7) is 1.06. The largest absolute Gasteiger partial charge is 0.441 e. The smallest absolute Gasteiger partial charge is 0.390 e. The van der Waals surface area contributed by atoms with Crippen molar-refractivity contribution in [2.75, 3.05) is 13.1 Å². The lowest BCUT2D eigenvalue weighted by Gasteiger charge is -2.29. The molecular weight excluding hydrogens is 318 g/mol. The van der Waals surface area contributed by atoms with Crippen molar-refractivity contribution in [3.63, 3.8) is 0 Å². The number of rotatable bonds is 7. The first-order valence-corrected chi connectivity index (χ1v) is 8.66. The van der Waals surface area contributed by atoms with E-state index >= 15 is 0 Å². The van der Waals surface area contributed by atoms with Crippen molar-refractivity contribution in [3.8, 4) is 23.7 Å². The molecule has 2 aromatic rings. The number of hydrogen-bond donors (Lipinski definition) is 1. The van der Waals surface area contributed by atoms with Crippen LogP contribution in [0.4, 0.5) is 0 Å². The van der Waals surface area contributed by atoms with E-state index in [0.29, 0.717) is 25.0 Å². The third kappa shape index (κ3) is 4.19. The van der Waals surface area contributed by atoms with Crippen molar-refractivity contribution in [2.24, 2.45) is 0 Å². The predicted octanol–water partition coefficient (Wildman–Crippen LogP) is 1.74. The summed E-state index contributed by atoms with van der Waals surface area (Å²) in [6.07, 6.45) is 9.37. The topological polar surface area (TPSA) is 71.5 Å². The number of aliphatic hydroxyl groups excluding tert-OH is 1. The fourth-order valence-corrected chi connectivity index (χ4v) is 3.49. The summed E-state index contributed by atoms with van der Waals surface area (Å²) in [5.41, 5.74) is 0.775. The molecule has 0 saturated heterocycles. The van der Waals surface area contributed by atoms with Crippen molar-refractivity contribution < 1.29 is 9.63 Å². The van der Waals surface area contributed by atoms with Crippen LogP contribution in [-0.4, -0.2) is 45.0 Å². The van der Waals surface area contributed by atoms with Gasteiger partial charge in [-0.25, -0.2) is 4.79 Å². The van der Waals surface area contributed by atoms with Gasteiger partial charge in [0.2, 0.25) is 0 Å². The van der Waals surface area contributed by atoms with Gasteiger partial charge in [0.1, 0.15) is 0 Å². The Balaban J connectivity index is 1.72. The molecule has 0 spiro atoms. The van der Waals surface area contributed by atoms with Gasteiger partial charge in [-0.3, -0.25) is 14.0 Å². The van der Waals surface area contributed by atoms with E-state index < -0.39 is 11.9 Å². The summed E-state index contributed by atoms with van der Waals surface area (Å²) in [6, 6.07) is 9.74. The van der Waals surface area contributed by atoms with Crippen molar-refractivity contribution in [1.29, 1.82) is 0 Å². The van der Waals surface area contributed by atoms with Gasteiger partial charge in [-0.1, -0.05) is 54.3 Å². The van der Waals surface area contributed by atoms with Gasteiger partial charge < -0.3 is 5.11 Å². The van der Waals surface area contributed by atoms with Gasteiger partial charge >= 0.3 is 5.76 Å². The van der Waals surface area contributed by atoms with Crippen molar-refractivity contribution >= 4 is 0 Å². The van der Waals surface area contributed by atoms with E-state index in [4.69, 9.17) is 10.9 Å². The molecule has 0 radical (unpaired) electrons. The summed E-state index contributed by atoms with van der Waals surface area (Å²) in [7, 11) is 0. The Labute approximate surface area is 147 Å². The quantitative estimate of drug-likeness (QED) is 0.777. The summed E-state index contributed by atoms with van der Waals surface area (Å²) in [4.78, 5) is 14.1. The first kappa shape index (κ1) is 17.5. The van der Waals surface area contributed by atoms with Crippen molar-refractivity contribution in [1.82, 2.24) is 14.6 Å². The highest BCUT2D eigenvalue weighted by atomic mass is 16.5. The van der Waals surface area contributed by atoms with Crippen LogP contribution < -0.4 is 5.76 Å². The average Bonchev–Trinajstić information content (AvgIpc) is 3.26. The third-order valence-corrected chi connectivity index (χ3v) is 4.69. The fourth-order valence-electron chi connectivity index (χ4n) is 3.49. The molecule has 1 heterocycles. The van der Waals surface area contributed by atoms with E-state index in [1.54, 1.807) is 0 Å². The van der Waals surface area contributed by atoms with Gasteiger partial charge in [0, 0.05) is 18.2 Å². The number of nitrogens with zero attached hydrogens (tertiary/aromatic N) is 3. The van der Waals surface area contributed by atoms with Crippen molar-refractivity contribution in [3.05, 3.63) is 40.9 Å². The SMILES string of the molecule is C#CCN(CC(O)Cn1c(-c2ccccc2)noc1=O)C1CCCC1. The standard InChI is InChI=1S/C19H23N3O3/c1-2-12-21(16-10-6-7-11-16)13-17(23)14-22-18(20-25-19(22)24)15-8-4-3-5-9-15/h1,3-5,8-9,16-17,23H,6-7,10-14H2. The number of benzene rings is 1. The van der Waals surface area contributed by atoms with Crippen LogP contribution in [0.2, 0.25) is 0 Å². The zero-order valence-corrected chi connectivity index (χ0v) is 14.2. The normalized spacial score (nSPS) is 16.2. The highest BCUT2D eigenvalue weighted by Crippen LogP contribution is 2.23. The Morgan fingerprint density at radius 2 is 2.08 bits per heavy atom. The van der Waals surface area contributed by atoms with Gasteiger partial charge in [-0.2, -0.15) is 0 Å². The van der Waals surface area contributed by atoms with E-state index in [2.05, 4.69) is 16.0 Å². The maximum atomic E-state index is 12.0. The van der Waals surface area contributed by atoms with Crippen LogP contribution in [0.5, 0.6) is 0 Å². The zero-order valence-electron chi connectivity index (χ0n) is 14.2. The molecule has 6 heteroatoms. The Kier molecular flexibility index (Phi) is 5.69. The minimum atomic E-state index is -0.728. The maximum absolute atomic E-state index is 12.0. The molecule has 1 saturated carbocycles. The zero-order chi connectivity index (χ0) is 17.6. The van der Waals surface area contributed by atoms with Crippen LogP contribution in [0.25, 0.3) is 11.4 Å². The lowest BCUT2D eigenvalue weighted by molar-refractivity contribution is 0.0831. The maximum Gasteiger partial charge on any atom is 0.441 e. The number of aliphatic hydroxyl groups is 1. The van der Waals surface area contributed by atoms with E-state index in [9.17, 15) is 9.90 Å². The molecule has 1 unspecified atom stereocenters. The monoisotopic (exact) mass is 341 g/mol. The Morgan fingerprint density at radius 1 is 1.36 bits per heavy atom. The molecule has 1 aliphatic carbocycles. The van der Waals surface area contributed by atoms with Crippen molar-refractivity contribution in [2.45, 2.75) is 44.4 Å². The van der Waals surface area contributed by atoms with Gasteiger partial charge in [0.05, 0.1) is 19.2 Å².